The molecule has 0 radical (unpaired) electrons. The summed E-state index contributed by atoms with van der Waals surface area (Å²) in [5.41, 5.74) is 0.631. The van der Waals surface area contributed by atoms with Crippen LogP contribution in [-0.2, 0) is 11.2 Å². The second-order valence-electron chi connectivity index (χ2n) is 2.64. The largest absolute Gasteiger partial charge is 0.481 e. The van der Waals surface area contributed by atoms with Gasteiger partial charge in [0.05, 0.1) is 23.8 Å². The van der Waals surface area contributed by atoms with Gasteiger partial charge in [0.2, 0.25) is 0 Å². The van der Waals surface area contributed by atoms with Crippen LogP contribution in [0.15, 0.2) is 21.3 Å². The average molecular weight is 181 g/mol. The molecule has 0 unspecified atom stereocenters. The lowest BCUT2D eigenvalue weighted by Crippen LogP contribution is -1.97. The molecule has 0 spiro atoms. The van der Waals surface area contributed by atoms with Crippen LogP contribution in [0.5, 0.6) is 0 Å². The number of aromatic nitrogens is 1. The molecule has 2 rings (SSSR count). The summed E-state index contributed by atoms with van der Waals surface area (Å²) in [6.45, 7) is 0. The molecule has 0 aliphatic carbocycles. The molecular weight excluding hydrogens is 174 g/mol. The number of fused-ring (bicyclic) bond motifs is 1. The first-order chi connectivity index (χ1) is 6.27. The maximum Gasteiger partial charge on any atom is 0.323 e. The predicted octanol–water partition coefficient (Wildman–Crippen LogP) is 1.44. The van der Waals surface area contributed by atoms with Crippen molar-refractivity contribution in [3.63, 3.8) is 0 Å². The number of carboxylic acids is 1. The van der Waals surface area contributed by atoms with Gasteiger partial charge in [-0.1, -0.05) is 5.16 Å². The molecule has 0 atom stereocenters. The first-order valence-corrected chi connectivity index (χ1v) is 3.81. The molecule has 0 bridgehead atoms. The van der Waals surface area contributed by atoms with E-state index in [-0.39, 0.29) is 6.42 Å². The van der Waals surface area contributed by atoms with Gasteiger partial charge in [0.25, 0.3) is 0 Å². The zero-order chi connectivity index (χ0) is 9.26. The Morgan fingerprint density at radius 2 is 2.46 bits per heavy atom. The van der Waals surface area contributed by atoms with E-state index in [2.05, 4.69) is 5.16 Å². The lowest BCUT2D eigenvalue weighted by atomic mass is 10.2. The van der Waals surface area contributed by atoms with E-state index in [4.69, 9.17) is 14.0 Å². The Kier molecular flexibility index (Phi) is 1.77. The molecule has 5 heteroatoms. The fourth-order valence-electron chi connectivity index (χ4n) is 1.13. The fourth-order valence-corrected chi connectivity index (χ4v) is 1.13. The van der Waals surface area contributed by atoms with Gasteiger partial charge >= 0.3 is 11.7 Å². The maximum absolute atomic E-state index is 10.3. The summed E-state index contributed by atoms with van der Waals surface area (Å²) in [4.78, 5) is 10.3. The zero-order valence-electron chi connectivity index (χ0n) is 6.69. The van der Waals surface area contributed by atoms with Crippen LogP contribution in [0.3, 0.4) is 0 Å². The quantitative estimate of drug-likeness (QED) is 0.775. The van der Waals surface area contributed by atoms with E-state index in [0.717, 1.165) is 5.39 Å². The molecule has 0 saturated heterocycles. The number of aliphatic carboxylic acids is 1. The molecule has 1 N–H and O–H groups in total. The normalized spacial score (nSPS) is 10.8. The minimum atomic E-state index is -0.848. The standard InChI is InChI=1S/C8H7NO4/c10-7(11)2-1-6-5-3-4-12-8(5)13-9-6/h3-4H,1-2H2,(H,10,11). The first-order valence-electron chi connectivity index (χ1n) is 3.81. The molecule has 5 nitrogen and oxygen atoms in total. The number of carbonyl (C=O) groups is 1. The van der Waals surface area contributed by atoms with Crippen LogP contribution in [-0.4, -0.2) is 16.2 Å². The van der Waals surface area contributed by atoms with Crippen molar-refractivity contribution in [1.82, 2.24) is 5.16 Å². The highest BCUT2D eigenvalue weighted by atomic mass is 16.5. The molecule has 0 saturated carbocycles. The molecule has 0 aliphatic rings. The molecule has 0 amide bonds. The van der Waals surface area contributed by atoms with E-state index < -0.39 is 5.97 Å². The minimum Gasteiger partial charge on any atom is -0.481 e. The van der Waals surface area contributed by atoms with Crippen molar-refractivity contribution in [2.75, 3.05) is 0 Å². The summed E-state index contributed by atoms with van der Waals surface area (Å²) in [6.07, 6.45) is 1.90. The van der Waals surface area contributed by atoms with Gasteiger partial charge in [-0.2, -0.15) is 0 Å². The Bertz CT molecular complexity index is 428. The van der Waals surface area contributed by atoms with Gasteiger partial charge in [0.1, 0.15) is 0 Å². The fraction of sp³-hybridized carbons (Fsp3) is 0.250. The number of carboxylic acid groups (broad SMARTS) is 1. The smallest absolute Gasteiger partial charge is 0.323 e. The molecule has 68 valence electrons. The molecular formula is C8H7NO4. The number of hydrogen-bond donors (Lipinski definition) is 1. The van der Waals surface area contributed by atoms with Crippen LogP contribution in [0.4, 0.5) is 0 Å². The highest BCUT2D eigenvalue weighted by molar-refractivity contribution is 5.75. The molecule has 0 fully saturated rings. The molecule has 2 heterocycles. The van der Waals surface area contributed by atoms with Crippen LogP contribution in [0.2, 0.25) is 0 Å². The van der Waals surface area contributed by atoms with Gasteiger partial charge in [-0.05, 0) is 6.07 Å². The Morgan fingerprint density at radius 1 is 1.62 bits per heavy atom. The summed E-state index contributed by atoms with van der Waals surface area (Å²) < 4.78 is 9.74. The van der Waals surface area contributed by atoms with Crippen molar-refractivity contribution in [2.45, 2.75) is 12.8 Å². The molecule has 2 aromatic rings. The monoisotopic (exact) mass is 181 g/mol. The Morgan fingerprint density at radius 3 is 3.23 bits per heavy atom. The Balaban J connectivity index is 2.23. The number of rotatable bonds is 3. The van der Waals surface area contributed by atoms with Crippen LogP contribution < -0.4 is 0 Å². The number of aryl methyl sites for hydroxylation is 1. The second-order valence-corrected chi connectivity index (χ2v) is 2.64. The molecule has 2 aromatic heterocycles. The van der Waals surface area contributed by atoms with Gasteiger partial charge in [-0.15, -0.1) is 0 Å². The van der Waals surface area contributed by atoms with Gasteiger partial charge in [0, 0.05) is 6.42 Å². The summed E-state index contributed by atoms with van der Waals surface area (Å²) in [7, 11) is 0. The third-order valence-electron chi connectivity index (χ3n) is 1.76. The van der Waals surface area contributed by atoms with Crippen LogP contribution in [0, 0.1) is 0 Å². The Hall–Kier alpha value is -1.78. The molecule has 0 aromatic carbocycles. The minimum absolute atomic E-state index is 0.0484. The summed E-state index contributed by atoms with van der Waals surface area (Å²) in [5, 5.41) is 12.9. The number of hydrogen-bond acceptors (Lipinski definition) is 4. The van der Waals surface area contributed by atoms with Crippen LogP contribution in [0.1, 0.15) is 12.1 Å². The van der Waals surface area contributed by atoms with Gasteiger partial charge < -0.3 is 14.0 Å². The van der Waals surface area contributed by atoms with Gasteiger partial charge in [-0.3, -0.25) is 4.79 Å². The molecule has 13 heavy (non-hydrogen) atoms. The van der Waals surface area contributed by atoms with E-state index >= 15 is 0 Å². The highest BCUT2D eigenvalue weighted by Gasteiger charge is 2.11. The topological polar surface area (TPSA) is 76.5 Å². The van der Waals surface area contributed by atoms with Crippen molar-refractivity contribution in [2.24, 2.45) is 0 Å². The average Bonchev–Trinajstić information content (AvgIpc) is 2.60. The third-order valence-corrected chi connectivity index (χ3v) is 1.76. The van der Waals surface area contributed by atoms with Gasteiger partial charge in [-0.25, -0.2) is 0 Å². The lowest BCUT2D eigenvalue weighted by molar-refractivity contribution is -0.136. The van der Waals surface area contributed by atoms with E-state index in [0.29, 0.717) is 17.9 Å². The number of furan rings is 1. The predicted molar refractivity (Wildman–Crippen MR) is 42.2 cm³/mol. The summed E-state index contributed by atoms with van der Waals surface area (Å²) >= 11 is 0. The maximum atomic E-state index is 10.3. The van der Waals surface area contributed by atoms with Crippen molar-refractivity contribution in [3.05, 3.63) is 18.0 Å². The van der Waals surface area contributed by atoms with E-state index in [9.17, 15) is 4.79 Å². The highest BCUT2D eigenvalue weighted by Crippen LogP contribution is 2.19. The van der Waals surface area contributed by atoms with Gasteiger partial charge in [0.15, 0.2) is 0 Å². The SMILES string of the molecule is O=C(O)CCc1noc2occc12. The van der Waals surface area contributed by atoms with Crippen LogP contribution in [0.25, 0.3) is 11.2 Å². The second kappa shape index (κ2) is 2.93. The lowest BCUT2D eigenvalue weighted by Gasteiger charge is -1.88. The van der Waals surface area contributed by atoms with Crippen molar-refractivity contribution < 1.29 is 18.8 Å². The summed E-state index contributed by atoms with van der Waals surface area (Å²) in [6, 6.07) is 1.71. The number of nitrogens with zero attached hydrogens (tertiary/aromatic N) is 1. The molecule has 0 aliphatic heterocycles. The Labute approximate surface area is 72.9 Å². The van der Waals surface area contributed by atoms with Crippen LogP contribution >= 0.6 is 0 Å². The third kappa shape index (κ3) is 1.40. The zero-order valence-corrected chi connectivity index (χ0v) is 6.69. The van der Waals surface area contributed by atoms with E-state index in [1.54, 1.807) is 6.07 Å². The van der Waals surface area contributed by atoms with Crippen molar-refractivity contribution in [1.29, 1.82) is 0 Å². The first kappa shape index (κ1) is 7.85. The van der Waals surface area contributed by atoms with E-state index in [1.807, 2.05) is 0 Å². The van der Waals surface area contributed by atoms with Crippen molar-refractivity contribution in [3.8, 4) is 0 Å². The summed E-state index contributed by atoms with van der Waals surface area (Å²) in [5.74, 6) is -0.500. The van der Waals surface area contributed by atoms with E-state index in [1.165, 1.54) is 6.26 Å². The van der Waals surface area contributed by atoms with Crippen molar-refractivity contribution >= 4 is 17.1 Å².